The topological polar surface area (TPSA) is 79.5 Å². The van der Waals surface area contributed by atoms with E-state index in [1.807, 2.05) is 30.3 Å². The third kappa shape index (κ3) is 3.29. The maximum atomic E-state index is 13.3. The van der Waals surface area contributed by atoms with Crippen LogP contribution in [0.5, 0.6) is 0 Å². The van der Waals surface area contributed by atoms with Gasteiger partial charge in [0, 0.05) is 24.5 Å². The number of carbonyl (C=O) groups is 1. The number of rotatable bonds is 5. The molecule has 1 aliphatic heterocycles. The lowest BCUT2D eigenvalue weighted by atomic mass is 9.99. The van der Waals surface area contributed by atoms with E-state index in [1.54, 1.807) is 20.8 Å². The van der Waals surface area contributed by atoms with Crippen LogP contribution in [-0.2, 0) is 14.8 Å². The Labute approximate surface area is 154 Å². The molecule has 0 unspecified atom stereocenters. The lowest BCUT2D eigenvalue weighted by Crippen LogP contribution is -2.30. The standard InChI is InChI=1S/C19H24N2O4S/c1-4-25-19(22)17-13(2)20-14(3)18(17)26(23,24)21-11-10-16(12-21)15-8-6-5-7-9-15/h5-9,16,20H,4,10-12H2,1-3H3/t16-/m0/s1. The fourth-order valence-electron chi connectivity index (χ4n) is 3.60. The van der Waals surface area contributed by atoms with Crippen molar-refractivity contribution in [2.75, 3.05) is 19.7 Å². The highest BCUT2D eigenvalue weighted by molar-refractivity contribution is 7.89. The molecule has 3 rings (SSSR count). The molecule has 1 aromatic carbocycles. The van der Waals surface area contributed by atoms with Crippen LogP contribution in [0.25, 0.3) is 0 Å². The highest BCUT2D eigenvalue weighted by Gasteiger charge is 2.38. The molecule has 6 nitrogen and oxygen atoms in total. The van der Waals surface area contributed by atoms with Crippen molar-refractivity contribution in [1.29, 1.82) is 0 Å². The van der Waals surface area contributed by atoms with E-state index < -0.39 is 16.0 Å². The van der Waals surface area contributed by atoms with E-state index in [0.29, 0.717) is 24.5 Å². The highest BCUT2D eigenvalue weighted by Crippen LogP contribution is 2.34. The predicted octanol–water partition coefficient (Wildman–Crippen LogP) is 2.99. The average Bonchev–Trinajstić information content (AvgIpc) is 3.21. The third-order valence-corrected chi connectivity index (χ3v) is 6.85. The molecule has 7 heteroatoms. The number of hydrogen-bond donors (Lipinski definition) is 1. The van der Waals surface area contributed by atoms with Crippen LogP contribution in [-0.4, -0.2) is 43.4 Å². The number of nitrogens with one attached hydrogen (secondary N) is 1. The summed E-state index contributed by atoms with van der Waals surface area (Å²) in [5.74, 6) is -0.441. The summed E-state index contributed by atoms with van der Waals surface area (Å²) in [7, 11) is -3.78. The SMILES string of the molecule is CCOC(=O)c1c(C)[nH]c(C)c1S(=O)(=O)N1CC[C@H](c2ccccc2)C1. The summed E-state index contributed by atoms with van der Waals surface area (Å²) in [6, 6.07) is 9.92. The van der Waals surface area contributed by atoms with Gasteiger partial charge in [0.15, 0.2) is 0 Å². The third-order valence-electron chi connectivity index (χ3n) is 4.82. The van der Waals surface area contributed by atoms with Crippen molar-refractivity contribution in [3.63, 3.8) is 0 Å². The van der Waals surface area contributed by atoms with E-state index >= 15 is 0 Å². The zero-order valence-electron chi connectivity index (χ0n) is 15.3. The Hall–Kier alpha value is -2.12. The number of carbonyl (C=O) groups excluding carboxylic acids is 1. The fourth-order valence-corrected chi connectivity index (χ4v) is 5.52. The summed E-state index contributed by atoms with van der Waals surface area (Å²) in [5.41, 5.74) is 2.23. The van der Waals surface area contributed by atoms with Gasteiger partial charge in [0.25, 0.3) is 0 Å². The van der Waals surface area contributed by atoms with E-state index in [4.69, 9.17) is 4.74 Å². The fraction of sp³-hybridized carbons (Fsp3) is 0.421. The molecule has 1 fully saturated rings. The number of ether oxygens (including phenoxy) is 1. The second kappa shape index (κ2) is 7.25. The molecular weight excluding hydrogens is 352 g/mol. The van der Waals surface area contributed by atoms with Crippen LogP contribution in [0.3, 0.4) is 0 Å². The van der Waals surface area contributed by atoms with Crippen molar-refractivity contribution < 1.29 is 17.9 Å². The molecular formula is C19H24N2O4S. The van der Waals surface area contributed by atoms with Crippen LogP contribution in [0.15, 0.2) is 35.2 Å². The van der Waals surface area contributed by atoms with Gasteiger partial charge >= 0.3 is 5.97 Å². The van der Waals surface area contributed by atoms with Gasteiger partial charge in [0.05, 0.1) is 6.61 Å². The second-order valence-corrected chi connectivity index (χ2v) is 8.43. The highest BCUT2D eigenvalue weighted by atomic mass is 32.2. The van der Waals surface area contributed by atoms with Gasteiger partial charge in [-0.3, -0.25) is 0 Å². The van der Waals surface area contributed by atoms with Gasteiger partial charge in [0.1, 0.15) is 10.5 Å². The molecule has 1 aliphatic rings. The lowest BCUT2D eigenvalue weighted by Gasteiger charge is -2.18. The minimum absolute atomic E-state index is 0.0437. The molecule has 2 aromatic rings. The van der Waals surface area contributed by atoms with Crippen molar-refractivity contribution in [2.45, 2.75) is 38.0 Å². The Bertz CT molecular complexity index is 903. The molecule has 1 saturated heterocycles. The summed E-state index contributed by atoms with van der Waals surface area (Å²) in [4.78, 5) is 15.3. The van der Waals surface area contributed by atoms with Gasteiger partial charge in [0.2, 0.25) is 10.0 Å². The molecule has 0 radical (unpaired) electrons. The average molecular weight is 376 g/mol. The Balaban J connectivity index is 1.93. The lowest BCUT2D eigenvalue weighted by molar-refractivity contribution is 0.0521. The number of benzene rings is 1. The quantitative estimate of drug-likeness (QED) is 0.814. The molecule has 26 heavy (non-hydrogen) atoms. The maximum Gasteiger partial charge on any atom is 0.341 e. The number of aromatic amines is 1. The molecule has 1 aromatic heterocycles. The van der Waals surface area contributed by atoms with Crippen molar-refractivity contribution in [1.82, 2.24) is 9.29 Å². The second-order valence-electron chi connectivity index (χ2n) is 6.56. The van der Waals surface area contributed by atoms with E-state index in [0.717, 1.165) is 12.0 Å². The van der Waals surface area contributed by atoms with Crippen molar-refractivity contribution >= 4 is 16.0 Å². The molecule has 0 aliphatic carbocycles. The maximum absolute atomic E-state index is 13.3. The van der Waals surface area contributed by atoms with Crippen LogP contribution >= 0.6 is 0 Å². The number of esters is 1. The first-order chi connectivity index (χ1) is 12.4. The van der Waals surface area contributed by atoms with Crippen molar-refractivity contribution in [3.05, 3.63) is 52.8 Å². The van der Waals surface area contributed by atoms with Crippen LogP contribution in [0.4, 0.5) is 0 Å². The first-order valence-corrected chi connectivity index (χ1v) is 10.2. The van der Waals surface area contributed by atoms with Gasteiger partial charge in [-0.05, 0) is 38.7 Å². The van der Waals surface area contributed by atoms with Crippen LogP contribution in [0.1, 0.15) is 46.6 Å². The normalized spacial score (nSPS) is 18.2. The Morgan fingerprint density at radius 3 is 2.58 bits per heavy atom. The molecule has 140 valence electrons. The van der Waals surface area contributed by atoms with E-state index in [2.05, 4.69) is 4.98 Å². The zero-order chi connectivity index (χ0) is 18.9. The Morgan fingerprint density at radius 2 is 1.92 bits per heavy atom. The Kier molecular flexibility index (Phi) is 5.20. The van der Waals surface area contributed by atoms with Gasteiger partial charge in [-0.15, -0.1) is 0 Å². The molecule has 0 spiro atoms. The number of hydrogen-bond acceptors (Lipinski definition) is 4. The van der Waals surface area contributed by atoms with Gasteiger partial charge < -0.3 is 9.72 Å². The molecule has 0 saturated carbocycles. The number of nitrogens with zero attached hydrogens (tertiary/aromatic N) is 1. The first-order valence-electron chi connectivity index (χ1n) is 8.77. The van der Waals surface area contributed by atoms with Gasteiger partial charge in [-0.2, -0.15) is 4.31 Å². The van der Waals surface area contributed by atoms with Crippen molar-refractivity contribution in [2.24, 2.45) is 0 Å². The summed E-state index contributed by atoms with van der Waals surface area (Å²) < 4.78 is 33.1. The van der Waals surface area contributed by atoms with Gasteiger partial charge in [-0.25, -0.2) is 13.2 Å². The number of H-pyrrole nitrogens is 1. The monoisotopic (exact) mass is 376 g/mol. The van der Waals surface area contributed by atoms with E-state index in [-0.39, 0.29) is 23.0 Å². The molecule has 1 N–H and O–H groups in total. The minimum Gasteiger partial charge on any atom is -0.462 e. The first kappa shape index (κ1) is 18.7. The molecule has 2 heterocycles. The van der Waals surface area contributed by atoms with Crippen LogP contribution < -0.4 is 0 Å². The summed E-state index contributed by atoms with van der Waals surface area (Å²) in [5, 5.41) is 0. The summed E-state index contributed by atoms with van der Waals surface area (Å²) in [6.45, 7) is 6.11. The van der Waals surface area contributed by atoms with Crippen molar-refractivity contribution in [3.8, 4) is 0 Å². The van der Waals surface area contributed by atoms with Crippen LogP contribution in [0.2, 0.25) is 0 Å². The molecule has 1 atom stereocenters. The molecule has 0 amide bonds. The number of aromatic nitrogens is 1. The number of aryl methyl sites for hydroxylation is 2. The predicted molar refractivity (Wildman–Crippen MR) is 98.8 cm³/mol. The number of sulfonamides is 1. The molecule has 0 bridgehead atoms. The van der Waals surface area contributed by atoms with E-state index in [1.165, 1.54) is 4.31 Å². The Morgan fingerprint density at radius 1 is 1.23 bits per heavy atom. The largest absolute Gasteiger partial charge is 0.462 e. The van der Waals surface area contributed by atoms with Crippen LogP contribution in [0, 0.1) is 13.8 Å². The zero-order valence-corrected chi connectivity index (χ0v) is 16.1. The summed E-state index contributed by atoms with van der Waals surface area (Å²) in [6.07, 6.45) is 0.764. The van der Waals surface area contributed by atoms with Gasteiger partial charge in [-0.1, -0.05) is 30.3 Å². The minimum atomic E-state index is -3.78. The smallest absolute Gasteiger partial charge is 0.341 e. The summed E-state index contributed by atoms with van der Waals surface area (Å²) >= 11 is 0. The van der Waals surface area contributed by atoms with E-state index in [9.17, 15) is 13.2 Å².